The summed E-state index contributed by atoms with van der Waals surface area (Å²) in [5.41, 5.74) is 3.10. The maximum Gasteiger partial charge on any atom is 0.123 e. The summed E-state index contributed by atoms with van der Waals surface area (Å²) in [7, 11) is 0. The van der Waals surface area contributed by atoms with E-state index in [9.17, 15) is 0 Å². The minimum absolute atomic E-state index is 0.366. The van der Waals surface area contributed by atoms with Crippen molar-refractivity contribution < 1.29 is 28.4 Å². The number of unbranched alkanes of at least 4 members (excludes halogenated alkanes) is 20. The van der Waals surface area contributed by atoms with Crippen molar-refractivity contribution in [3.05, 3.63) is 96.6 Å². The molecule has 66 heavy (non-hydrogen) atoms. The van der Waals surface area contributed by atoms with E-state index in [2.05, 4.69) is 82.2 Å². The molecular formula is C59H93NO6. The van der Waals surface area contributed by atoms with Crippen LogP contribution in [0, 0.1) is 0 Å². The largest absolute Gasteiger partial charge is 0.493 e. The lowest BCUT2D eigenvalue weighted by molar-refractivity contribution is 0.275. The molecule has 7 heteroatoms. The summed E-state index contributed by atoms with van der Waals surface area (Å²) in [5.74, 6) is 4.81. The Morgan fingerprint density at radius 3 is 0.879 bits per heavy atom. The Balaban J connectivity index is 1.80. The molecule has 0 unspecified atom stereocenters. The lowest BCUT2D eigenvalue weighted by Gasteiger charge is -2.20. The van der Waals surface area contributed by atoms with E-state index in [1.807, 2.05) is 30.4 Å². The van der Waals surface area contributed by atoms with Gasteiger partial charge >= 0.3 is 0 Å². The van der Waals surface area contributed by atoms with E-state index >= 15 is 0 Å². The van der Waals surface area contributed by atoms with Gasteiger partial charge in [0.05, 0.1) is 26.4 Å². The predicted molar refractivity (Wildman–Crippen MR) is 279 cm³/mol. The second-order valence-electron chi connectivity index (χ2n) is 18.3. The highest BCUT2D eigenvalue weighted by atomic mass is 16.5. The van der Waals surface area contributed by atoms with Crippen molar-refractivity contribution in [1.82, 2.24) is 4.90 Å². The first-order valence-corrected chi connectivity index (χ1v) is 26.6. The number of benzene rings is 3. The van der Waals surface area contributed by atoms with E-state index in [0.717, 1.165) is 90.0 Å². The van der Waals surface area contributed by atoms with Gasteiger partial charge in [-0.05, 0) is 78.8 Å². The van der Waals surface area contributed by atoms with Crippen LogP contribution in [0.5, 0.6) is 34.5 Å². The Kier molecular flexibility index (Phi) is 32.3. The molecule has 0 radical (unpaired) electrons. The summed E-state index contributed by atoms with van der Waals surface area (Å²) in [5, 5.41) is 0. The van der Waals surface area contributed by atoms with Gasteiger partial charge < -0.3 is 28.4 Å². The number of rotatable bonds is 44. The van der Waals surface area contributed by atoms with Crippen molar-refractivity contribution in [2.45, 2.75) is 202 Å². The number of hydrogen-bond acceptors (Lipinski definition) is 7. The standard InChI is InChI=1S/C59H93NO6/c1-7-13-17-21-25-29-35-61-54-41-52(42-55(45-54)62-36-30-26-22-18-14-8-2)49-65-58-39-51(48-60(33-11-5)34-12-6)40-59(47-58)66-50-53-43-56(63-37-31-27-23-19-15-9-3)46-57(44-53)64-38-32-28-24-20-16-10-4/h11-12,39-47H,5-10,13-38,48-50H2,1-4H3. The minimum Gasteiger partial charge on any atom is -0.493 e. The molecule has 0 bridgehead atoms. The van der Waals surface area contributed by atoms with Crippen LogP contribution in [-0.2, 0) is 19.8 Å². The van der Waals surface area contributed by atoms with Crippen LogP contribution >= 0.6 is 0 Å². The number of hydrogen-bond donors (Lipinski definition) is 0. The van der Waals surface area contributed by atoms with Crippen LogP contribution in [0.4, 0.5) is 0 Å². The van der Waals surface area contributed by atoms with Crippen molar-refractivity contribution in [2.24, 2.45) is 0 Å². The van der Waals surface area contributed by atoms with Gasteiger partial charge in [-0.2, -0.15) is 0 Å². The van der Waals surface area contributed by atoms with E-state index in [4.69, 9.17) is 28.4 Å². The van der Waals surface area contributed by atoms with E-state index in [0.29, 0.717) is 46.2 Å². The average molecular weight is 912 g/mol. The maximum absolute atomic E-state index is 6.62. The Hall–Kier alpha value is -4.10. The quantitative estimate of drug-likeness (QED) is 0.0414. The van der Waals surface area contributed by atoms with Gasteiger partial charge in [0.2, 0.25) is 0 Å². The van der Waals surface area contributed by atoms with E-state index < -0.39 is 0 Å². The molecule has 3 aromatic rings. The van der Waals surface area contributed by atoms with Crippen LogP contribution in [-0.4, -0.2) is 44.4 Å². The number of ether oxygens (including phenoxy) is 6. The van der Waals surface area contributed by atoms with Crippen LogP contribution in [0.25, 0.3) is 0 Å². The molecule has 0 aliphatic heterocycles. The van der Waals surface area contributed by atoms with Gasteiger partial charge in [0.1, 0.15) is 47.7 Å². The maximum atomic E-state index is 6.62. The summed E-state index contributed by atoms with van der Waals surface area (Å²) >= 11 is 0. The third kappa shape index (κ3) is 26.9. The van der Waals surface area contributed by atoms with Crippen molar-refractivity contribution in [2.75, 3.05) is 39.5 Å². The molecule has 3 aromatic carbocycles. The van der Waals surface area contributed by atoms with E-state index in [1.165, 1.54) is 128 Å². The van der Waals surface area contributed by atoms with Gasteiger partial charge in [-0.1, -0.05) is 168 Å². The first-order valence-electron chi connectivity index (χ1n) is 26.6. The Labute approximate surface area is 404 Å². The van der Waals surface area contributed by atoms with E-state index in [-0.39, 0.29) is 0 Å². The van der Waals surface area contributed by atoms with Gasteiger partial charge in [0, 0.05) is 37.8 Å². The van der Waals surface area contributed by atoms with Crippen LogP contribution in [0.3, 0.4) is 0 Å². The highest BCUT2D eigenvalue weighted by molar-refractivity contribution is 5.42. The van der Waals surface area contributed by atoms with E-state index in [1.54, 1.807) is 0 Å². The molecule has 370 valence electrons. The summed E-state index contributed by atoms with van der Waals surface area (Å²) in [4.78, 5) is 2.29. The molecule has 0 spiro atoms. The normalized spacial score (nSPS) is 11.2. The monoisotopic (exact) mass is 912 g/mol. The zero-order valence-electron chi connectivity index (χ0n) is 42.5. The molecule has 0 heterocycles. The second-order valence-corrected chi connectivity index (χ2v) is 18.3. The fourth-order valence-electron chi connectivity index (χ4n) is 8.10. The van der Waals surface area contributed by atoms with Crippen molar-refractivity contribution in [1.29, 1.82) is 0 Å². The topological polar surface area (TPSA) is 58.6 Å². The summed E-state index contributed by atoms with van der Waals surface area (Å²) in [6.45, 7) is 22.7. The molecule has 0 N–H and O–H groups in total. The first-order chi connectivity index (χ1) is 32.5. The molecule has 0 saturated heterocycles. The van der Waals surface area contributed by atoms with Crippen molar-refractivity contribution in [3.8, 4) is 34.5 Å². The lowest BCUT2D eigenvalue weighted by atomic mass is 10.1. The molecule has 0 aliphatic carbocycles. The molecule has 0 fully saturated rings. The summed E-state index contributed by atoms with van der Waals surface area (Å²) in [6, 6.07) is 18.7. The fourth-order valence-corrected chi connectivity index (χ4v) is 8.10. The Morgan fingerprint density at radius 1 is 0.333 bits per heavy atom. The van der Waals surface area contributed by atoms with Crippen LogP contribution in [0.2, 0.25) is 0 Å². The van der Waals surface area contributed by atoms with Gasteiger partial charge in [-0.3, -0.25) is 4.90 Å². The molecule has 0 atom stereocenters. The fraction of sp³-hybridized carbons (Fsp3) is 0.627. The molecule has 7 nitrogen and oxygen atoms in total. The molecule has 0 amide bonds. The van der Waals surface area contributed by atoms with Gasteiger partial charge in [-0.25, -0.2) is 0 Å². The van der Waals surface area contributed by atoms with Gasteiger partial charge in [0.15, 0.2) is 0 Å². The predicted octanol–water partition coefficient (Wildman–Crippen LogP) is 17.0. The number of nitrogens with zero attached hydrogens (tertiary/aromatic N) is 1. The van der Waals surface area contributed by atoms with Crippen molar-refractivity contribution >= 4 is 0 Å². The molecular weight excluding hydrogens is 819 g/mol. The second kappa shape index (κ2) is 37.9. The lowest BCUT2D eigenvalue weighted by Crippen LogP contribution is -2.23. The highest BCUT2D eigenvalue weighted by Crippen LogP contribution is 2.30. The van der Waals surface area contributed by atoms with Gasteiger partial charge in [0.25, 0.3) is 0 Å². The highest BCUT2D eigenvalue weighted by Gasteiger charge is 2.12. The molecule has 0 aliphatic rings. The van der Waals surface area contributed by atoms with Crippen LogP contribution in [0.1, 0.15) is 198 Å². The average Bonchev–Trinajstić information content (AvgIpc) is 3.31. The third-order valence-electron chi connectivity index (χ3n) is 11.9. The van der Waals surface area contributed by atoms with Gasteiger partial charge in [-0.15, -0.1) is 13.2 Å². The Bertz CT molecular complexity index is 1490. The Morgan fingerprint density at radius 2 is 0.591 bits per heavy atom. The first kappa shape index (κ1) is 56.2. The van der Waals surface area contributed by atoms with Crippen LogP contribution < -0.4 is 28.4 Å². The smallest absolute Gasteiger partial charge is 0.123 e. The zero-order valence-corrected chi connectivity index (χ0v) is 42.5. The minimum atomic E-state index is 0.366. The SMILES string of the molecule is C=CCN(CC=C)Cc1cc(OCc2cc(OCCCCCCCC)cc(OCCCCCCCC)c2)cc(OCc2cc(OCCCCCCCC)cc(OCCCCCCCC)c2)c1. The van der Waals surface area contributed by atoms with Crippen LogP contribution in [0.15, 0.2) is 79.9 Å². The summed E-state index contributed by atoms with van der Waals surface area (Å²) in [6.07, 6.45) is 33.3. The third-order valence-corrected chi connectivity index (χ3v) is 11.9. The summed E-state index contributed by atoms with van der Waals surface area (Å²) < 4.78 is 38.6. The molecule has 0 saturated carbocycles. The zero-order chi connectivity index (χ0) is 47.1. The van der Waals surface area contributed by atoms with Crippen molar-refractivity contribution in [3.63, 3.8) is 0 Å². The molecule has 3 rings (SSSR count). The molecule has 0 aromatic heterocycles.